The zero-order chi connectivity index (χ0) is 16.8. The minimum absolute atomic E-state index is 0.0449. The van der Waals surface area contributed by atoms with Crippen LogP contribution in [-0.4, -0.2) is 37.6 Å². The number of nitrogens with zero attached hydrogens (tertiary/aromatic N) is 1. The summed E-state index contributed by atoms with van der Waals surface area (Å²) < 4.78 is 5.48. The van der Waals surface area contributed by atoms with Gasteiger partial charge in [0.25, 0.3) is 0 Å². The fraction of sp³-hybridized carbons (Fsp3) is 0.556. The van der Waals surface area contributed by atoms with Gasteiger partial charge in [0, 0.05) is 38.7 Å². The number of benzene rings is 1. The van der Waals surface area contributed by atoms with E-state index in [-0.39, 0.29) is 17.9 Å². The summed E-state index contributed by atoms with van der Waals surface area (Å²) in [7, 11) is 0. The second kappa shape index (κ2) is 8.11. The van der Waals surface area contributed by atoms with E-state index in [9.17, 15) is 9.59 Å². The third kappa shape index (κ3) is 5.06. The zero-order valence-corrected chi connectivity index (χ0v) is 14.2. The molecule has 0 aliphatic carbocycles. The molecule has 0 saturated carbocycles. The van der Waals surface area contributed by atoms with Gasteiger partial charge in [0.2, 0.25) is 11.8 Å². The molecule has 1 fully saturated rings. The Morgan fingerprint density at radius 1 is 1.35 bits per heavy atom. The molecule has 5 heteroatoms. The molecule has 2 rings (SSSR count). The van der Waals surface area contributed by atoms with Gasteiger partial charge in [-0.15, -0.1) is 0 Å². The number of aryl methyl sites for hydroxylation is 2. The Morgan fingerprint density at radius 3 is 2.74 bits per heavy atom. The Labute approximate surface area is 138 Å². The molecule has 2 amide bonds. The first-order valence-electron chi connectivity index (χ1n) is 8.21. The van der Waals surface area contributed by atoms with E-state index in [0.29, 0.717) is 19.5 Å². The maximum absolute atomic E-state index is 12.0. The number of rotatable bonds is 6. The highest BCUT2D eigenvalue weighted by Gasteiger charge is 2.18. The van der Waals surface area contributed by atoms with Gasteiger partial charge in [0.1, 0.15) is 0 Å². The van der Waals surface area contributed by atoms with E-state index in [2.05, 4.69) is 5.32 Å². The van der Waals surface area contributed by atoms with E-state index >= 15 is 0 Å². The monoisotopic (exact) mass is 318 g/mol. The highest BCUT2D eigenvalue weighted by atomic mass is 16.5. The lowest BCUT2D eigenvalue weighted by Crippen LogP contribution is -2.36. The van der Waals surface area contributed by atoms with Crippen LogP contribution in [0.3, 0.4) is 0 Å². The van der Waals surface area contributed by atoms with E-state index in [0.717, 1.165) is 36.3 Å². The van der Waals surface area contributed by atoms with Crippen LogP contribution < -0.4 is 10.2 Å². The Morgan fingerprint density at radius 2 is 2.13 bits per heavy atom. The lowest BCUT2D eigenvalue weighted by Gasteiger charge is -2.23. The van der Waals surface area contributed by atoms with Gasteiger partial charge in [-0.1, -0.05) is 17.7 Å². The summed E-state index contributed by atoms with van der Waals surface area (Å²) in [4.78, 5) is 25.6. The molecule has 1 unspecified atom stereocenters. The lowest BCUT2D eigenvalue weighted by molar-refractivity contribution is -0.121. The second-order valence-corrected chi connectivity index (χ2v) is 6.15. The Balaban J connectivity index is 1.89. The van der Waals surface area contributed by atoms with Crippen LogP contribution in [0.4, 0.5) is 5.69 Å². The third-order valence-corrected chi connectivity index (χ3v) is 4.14. The highest BCUT2D eigenvalue weighted by molar-refractivity contribution is 5.93. The summed E-state index contributed by atoms with van der Waals surface area (Å²) >= 11 is 0. The SMILES string of the molecule is CC(=O)N(CCC(=O)NCC1CCCO1)c1ccc(C)cc1C. The molecule has 0 bridgehead atoms. The van der Waals surface area contributed by atoms with E-state index in [1.807, 2.05) is 32.0 Å². The number of hydrogen-bond acceptors (Lipinski definition) is 3. The quantitative estimate of drug-likeness (QED) is 0.876. The van der Waals surface area contributed by atoms with Gasteiger partial charge in [-0.3, -0.25) is 9.59 Å². The van der Waals surface area contributed by atoms with E-state index in [1.165, 1.54) is 6.92 Å². The zero-order valence-electron chi connectivity index (χ0n) is 14.2. The molecule has 1 heterocycles. The van der Waals surface area contributed by atoms with Crippen molar-refractivity contribution in [2.45, 2.75) is 46.1 Å². The number of anilines is 1. The van der Waals surface area contributed by atoms with E-state index in [4.69, 9.17) is 4.74 Å². The largest absolute Gasteiger partial charge is 0.376 e. The standard InChI is InChI=1S/C18H26N2O3/c1-13-6-7-17(14(2)11-13)20(15(3)21)9-8-18(22)19-12-16-5-4-10-23-16/h6-7,11,16H,4-5,8-10,12H2,1-3H3,(H,19,22). The molecule has 1 aromatic rings. The van der Waals surface area contributed by atoms with Crippen molar-refractivity contribution < 1.29 is 14.3 Å². The first-order chi connectivity index (χ1) is 11.0. The molecule has 1 N–H and O–H groups in total. The Hall–Kier alpha value is -1.88. The van der Waals surface area contributed by atoms with Gasteiger partial charge in [0.15, 0.2) is 0 Å². The van der Waals surface area contributed by atoms with Crippen molar-refractivity contribution in [1.82, 2.24) is 5.32 Å². The summed E-state index contributed by atoms with van der Waals surface area (Å²) in [5, 5.41) is 2.89. The number of amides is 2. The van der Waals surface area contributed by atoms with Crippen LogP contribution in [0.15, 0.2) is 18.2 Å². The smallest absolute Gasteiger partial charge is 0.223 e. The molecule has 0 radical (unpaired) electrons. The van der Waals surface area contributed by atoms with Gasteiger partial charge >= 0.3 is 0 Å². The molecule has 1 aliphatic rings. The molecule has 0 aromatic heterocycles. The predicted octanol–water partition coefficient (Wildman–Crippen LogP) is 2.34. The fourth-order valence-corrected chi connectivity index (χ4v) is 2.89. The predicted molar refractivity (Wildman–Crippen MR) is 90.5 cm³/mol. The molecule has 126 valence electrons. The van der Waals surface area contributed by atoms with Crippen LogP contribution in [-0.2, 0) is 14.3 Å². The van der Waals surface area contributed by atoms with Gasteiger partial charge in [-0.25, -0.2) is 0 Å². The van der Waals surface area contributed by atoms with Crippen LogP contribution in [0.25, 0.3) is 0 Å². The van der Waals surface area contributed by atoms with Crippen molar-refractivity contribution in [3.05, 3.63) is 29.3 Å². The molecule has 0 spiro atoms. The maximum Gasteiger partial charge on any atom is 0.223 e. The molecular weight excluding hydrogens is 292 g/mol. The third-order valence-electron chi connectivity index (χ3n) is 4.14. The molecular formula is C18H26N2O3. The first kappa shape index (κ1) is 17.5. The summed E-state index contributed by atoms with van der Waals surface area (Å²) in [6.07, 6.45) is 2.50. The normalized spacial score (nSPS) is 17.1. The summed E-state index contributed by atoms with van der Waals surface area (Å²) in [5.41, 5.74) is 3.07. The van der Waals surface area contributed by atoms with Crippen molar-refractivity contribution in [1.29, 1.82) is 0 Å². The van der Waals surface area contributed by atoms with Crippen molar-refractivity contribution in [3.8, 4) is 0 Å². The minimum atomic E-state index is -0.0520. The molecule has 23 heavy (non-hydrogen) atoms. The molecule has 1 aliphatic heterocycles. The number of hydrogen-bond donors (Lipinski definition) is 1. The number of nitrogens with one attached hydrogen (secondary N) is 1. The summed E-state index contributed by atoms with van der Waals surface area (Å²) in [5.74, 6) is -0.0969. The number of ether oxygens (including phenoxy) is 1. The lowest BCUT2D eigenvalue weighted by atomic mass is 10.1. The first-order valence-corrected chi connectivity index (χ1v) is 8.21. The van der Waals surface area contributed by atoms with Crippen LogP contribution in [0.1, 0.15) is 37.3 Å². The van der Waals surface area contributed by atoms with Gasteiger partial charge in [0.05, 0.1) is 6.10 Å². The maximum atomic E-state index is 12.0. The Bertz CT molecular complexity index is 565. The molecule has 1 atom stereocenters. The Kier molecular flexibility index (Phi) is 6.16. The van der Waals surface area contributed by atoms with Crippen molar-refractivity contribution in [3.63, 3.8) is 0 Å². The average molecular weight is 318 g/mol. The summed E-state index contributed by atoms with van der Waals surface area (Å²) in [6, 6.07) is 5.97. The van der Waals surface area contributed by atoms with Crippen molar-refractivity contribution >= 4 is 17.5 Å². The second-order valence-electron chi connectivity index (χ2n) is 6.15. The van der Waals surface area contributed by atoms with E-state index < -0.39 is 0 Å². The van der Waals surface area contributed by atoms with Gasteiger partial charge < -0.3 is 15.0 Å². The van der Waals surface area contributed by atoms with Gasteiger partial charge in [-0.05, 0) is 38.3 Å². The van der Waals surface area contributed by atoms with Crippen LogP contribution in [0.2, 0.25) is 0 Å². The van der Waals surface area contributed by atoms with Crippen LogP contribution >= 0.6 is 0 Å². The van der Waals surface area contributed by atoms with Crippen LogP contribution in [0.5, 0.6) is 0 Å². The molecule has 1 aromatic carbocycles. The fourth-order valence-electron chi connectivity index (χ4n) is 2.89. The van der Waals surface area contributed by atoms with Crippen molar-refractivity contribution in [2.75, 3.05) is 24.6 Å². The minimum Gasteiger partial charge on any atom is -0.376 e. The highest BCUT2D eigenvalue weighted by Crippen LogP contribution is 2.21. The van der Waals surface area contributed by atoms with E-state index in [1.54, 1.807) is 4.90 Å². The number of carbonyl (C=O) groups is 2. The molecule has 5 nitrogen and oxygen atoms in total. The topological polar surface area (TPSA) is 58.6 Å². The number of carbonyl (C=O) groups excluding carboxylic acids is 2. The van der Waals surface area contributed by atoms with Gasteiger partial charge in [-0.2, -0.15) is 0 Å². The average Bonchev–Trinajstić information content (AvgIpc) is 3.00. The molecule has 1 saturated heterocycles. The van der Waals surface area contributed by atoms with Crippen LogP contribution in [0, 0.1) is 13.8 Å². The van der Waals surface area contributed by atoms with Crippen molar-refractivity contribution in [2.24, 2.45) is 0 Å². The summed E-state index contributed by atoms with van der Waals surface area (Å²) in [6.45, 7) is 7.26.